The first-order valence-electron chi connectivity index (χ1n) is 10.6. The maximum atomic E-state index is 13.2. The molecule has 2 N–H and O–H groups in total. The SMILES string of the molecule is O=C1C(=O)N(c2nnc(SCc3ccccc3Cl)s2)C(c2ccc(O)cc2)/C1=C(\O)c1ccncc1. The first kappa shape index (κ1) is 24.0. The fourth-order valence-corrected chi connectivity index (χ4v) is 5.93. The van der Waals surface area contributed by atoms with Crippen LogP contribution in [0.1, 0.15) is 22.7 Å². The predicted octanol–water partition coefficient (Wildman–Crippen LogP) is 5.21. The fourth-order valence-electron chi connectivity index (χ4n) is 3.78. The highest BCUT2D eigenvalue weighted by atomic mass is 35.5. The Morgan fingerprint density at radius 3 is 2.47 bits per heavy atom. The summed E-state index contributed by atoms with van der Waals surface area (Å²) >= 11 is 8.81. The van der Waals surface area contributed by atoms with Crippen LogP contribution in [0, 0.1) is 0 Å². The summed E-state index contributed by atoms with van der Waals surface area (Å²) in [5.41, 5.74) is 1.71. The molecule has 8 nitrogen and oxygen atoms in total. The third-order valence-electron chi connectivity index (χ3n) is 5.52. The van der Waals surface area contributed by atoms with Crippen LogP contribution in [-0.4, -0.2) is 37.1 Å². The largest absolute Gasteiger partial charge is 0.508 e. The number of thioether (sulfide) groups is 1. The third-order valence-corrected chi connectivity index (χ3v) is 7.99. The average molecular weight is 537 g/mol. The molecule has 0 bridgehead atoms. The molecule has 0 spiro atoms. The molecule has 36 heavy (non-hydrogen) atoms. The van der Waals surface area contributed by atoms with Gasteiger partial charge < -0.3 is 10.2 Å². The van der Waals surface area contributed by atoms with Gasteiger partial charge in [0.25, 0.3) is 5.78 Å². The summed E-state index contributed by atoms with van der Waals surface area (Å²) in [7, 11) is 0. The molecule has 1 saturated heterocycles. The van der Waals surface area contributed by atoms with Gasteiger partial charge in [0, 0.05) is 28.7 Å². The van der Waals surface area contributed by atoms with Gasteiger partial charge in [-0.05, 0) is 41.5 Å². The number of carbonyl (C=O) groups excluding carboxylic acids is 2. The molecule has 1 fully saturated rings. The molecule has 1 aliphatic heterocycles. The van der Waals surface area contributed by atoms with Gasteiger partial charge in [-0.1, -0.05) is 65.0 Å². The number of aromatic nitrogens is 3. The van der Waals surface area contributed by atoms with Gasteiger partial charge in [-0.15, -0.1) is 10.2 Å². The van der Waals surface area contributed by atoms with Crippen molar-refractivity contribution in [3.8, 4) is 5.75 Å². The highest BCUT2D eigenvalue weighted by Gasteiger charge is 2.48. The van der Waals surface area contributed by atoms with E-state index in [1.807, 2.05) is 24.3 Å². The van der Waals surface area contributed by atoms with Gasteiger partial charge in [0.2, 0.25) is 5.13 Å². The van der Waals surface area contributed by atoms with Crippen LogP contribution in [-0.2, 0) is 15.3 Å². The molecule has 11 heteroatoms. The third kappa shape index (κ3) is 4.58. The Morgan fingerprint density at radius 2 is 1.75 bits per heavy atom. The van der Waals surface area contributed by atoms with Gasteiger partial charge in [-0.25, -0.2) is 0 Å². The van der Waals surface area contributed by atoms with E-state index in [4.69, 9.17) is 11.6 Å². The molecule has 1 aliphatic rings. The van der Waals surface area contributed by atoms with Crippen molar-refractivity contribution >= 4 is 57.3 Å². The van der Waals surface area contributed by atoms with Crippen molar-refractivity contribution in [2.45, 2.75) is 16.1 Å². The molecule has 1 amide bonds. The van der Waals surface area contributed by atoms with Crippen LogP contribution in [0.2, 0.25) is 5.02 Å². The van der Waals surface area contributed by atoms with Crippen LogP contribution in [0.3, 0.4) is 0 Å². The first-order chi connectivity index (χ1) is 17.4. The minimum Gasteiger partial charge on any atom is -0.508 e. The lowest BCUT2D eigenvalue weighted by Gasteiger charge is -2.22. The summed E-state index contributed by atoms with van der Waals surface area (Å²) < 4.78 is 0.588. The fraction of sp³-hybridized carbons (Fsp3) is 0.0800. The van der Waals surface area contributed by atoms with Crippen molar-refractivity contribution in [2.24, 2.45) is 0 Å². The van der Waals surface area contributed by atoms with Gasteiger partial charge in [0.15, 0.2) is 4.34 Å². The van der Waals surface area contributed by atoms with Crippen molar-refractivity contribution < 1.29 is 19.8 Å². The van der Waals surface area contributed by atoms with Gasteiger partial charge in [-0.2, -0.15) is 0 Å². The topological polar surface area (TPSA) is 117 Å². The normalized spacial score (nSPS) is 17.0. The molecule has 5 rings (SSSR count). The van der Waals surface area contributed by atoms with Crippen molar-refractivity contribution in [1.29, 1.82) is 0 Å². The molecule has 2 aromatic heterocycles. The Hall–Kier alpha value is -3.73. The van der Waals surface area contributed by atoms with Gasteiger partial charge in [-0.3, -0.25) is 19.5 Å². The summed E-state index contributed by atoms with van der Waals surface area (Å²) in [6, 6.07) is 15.7. The summed E-state index contributed by atoms with van der Waals surface area (Å²) in [4.78, 5) is 31.6. The second kappa shape index (κ2) is 10.1. The number of phenolic OH excluding ortho intramolecular Hbond substituents is 1. The number of Topliss-reactive ketones (excluding diaryl/α,β-unsaturated/α-hetero) is 1. The van der Waals surface area contributed by atoms with E-state index in [2.05, 4.69) is 15.2 Å². The number of hydrogen-bond donors (Lipinski definition) is 2. The zero-order chi connectivity index (χ0) is 25.2. The number of hydrogen-bond acceptors (Lipinski definition) is 9. The summed E-state index contributed by atoms with van der Waals surface area (Å²) in [5.74, 6) is -1.42. The number of aromatic hydroxyl groups is 1. The molecule has 180 valence electrons. The van der Waals surface area contributed by atoms with Gasteiger partial charge in [0.1, 0.15) is 11.5 Å². The Balaban J connectivity index is 1.54. The minimum absolute atomic E-state index is 0.0269. The van der Waals surface area contributed by atoms with Crippen LogP contribution in [0.5, 0.6) is 5.75 Å². The Bertz CT molecular complexity index is 1470. The van der Waals surface area contributed by atoms with Gasteiger partial charge in [0.05, 0.1) is 11.6 Å². The molecule has 4 aromatic rings. The number of aliphatic hydroxyl groups is 1. The minimum atomic E-state index is -0.965. The van der Waals surface area contributed by atoms with E-state index in [0.717, 1.165) is 16.9 Å². The van der Waals surface area contributed by atoms with Crippen molar-refractivity contribution in [3.05, 3.63) is 100 Å². The van der Waals surface area contributed by atoms with Crippen LogP contribution in [0.25, 0.3) is 5.76 Å². The lowest BCUT2D eigenvalue weighted by Crippen LogP contribution is -2.29. The van der Waals surface area contributed by atoms with Crippen LogP contribution >= 0.6 is 34.7 Å². The van der Waals surface area contributed by atoms with Crippen LogP contribution < -0.4 is 4.90 Å². The number of benzene rings is 2. The first-order valence-corrected chi connectivity index (χ1v) is 12.8. The molecular formula is C25H17ClN4O4S2. The predicted molar refractivity (Wildman–Crippen MR) is 138 cm³/mol. The summed E-state index contributed by atoms with van der Waals surface area (Å²) in [5, 5.41) is 30.1. The van der Waals surface area contributed by atoms with Crippen molar-refractivity contribution in [2.75, 3.05) is 4.90 Å². The van der Waals surface area contributed by atoms with Crippen molar-refractivity contribution in [3.63, 3.8) is 0 Å². The Morgan fingerprint density at radius 1 is 1.03 bits per heavy atom. The molecule has 2 aromatic carbocycles. The zero-order valence-corrected chi connectivity index (χ0v) is 20.8. The number of phenols is 1. The second-order valence-electron chi connectivity index (χ2n) is 7.73. The number of amides is 1. The van der Waals surface area contributed by atoms with E-state index in [0.29, 0.717) is 26.2 Å². The number of aliphatic hydroxyl groups excluding tert-OH is 1. The molecule has 3 heterocycles. The lowest BCUT2D eigenvalue weighted by atomic mass is 9.95. The maximum Gasteiger partial charge on any atom is 0.301 e. The number of pyridine rings is 1. The highest BCUT2D eigenvalue weighted by molar-refractivity contribution is 8.00. The van der Waals surface area contributed by atoms with E-state index in [1.165, 1.54) is 41.2 Å². The van der Waals surface area contributed by atoms with E-state index >= 15 is 0 Å². The zero-order valence-electron chi connectivity index (χ0n) is 18.4. The molecule has 1 unspecified atom stereocenters. The number of rotatable bonds is 6. The Kier molecular flexibility index (Phi) is 6.73. The van der Waals surface area contributed by atoms with E-state index in [-0.39, 0.29) is 22.2 Å². The average Bonchev–Trinajstić information content (AvgIpc) is 3.46. The number of ketones is 1. The molecule has 0 saturated carbocycles. The molecule has 1 atom stereocenters. The van der Waals surface area contributed by atoms with Gasteiger partial charge >= 0.3 is 5.91 Å². The van der Waals surface area contributed by atoms with E-state index in [1.54, 1.807) is 24.3 Å². The smallest absolute Gasteiger partial charge is 0.301 e. The molecule has 0 radical (unpaired) electrons. The number of halogens is 1. The summed E-state index contributed by atoms with van der Waals surface area (Å²) in [6.45, 7) is 0. The number of nitrogens with zero attached hydrogens (tertiary/aromatic N) is 4. The number of carbonyl (C=O) groups is 2. The quantitative estimate of drug-likeness (QED) is 0.113. The van der Waals surface area contributed by atoms with Crippen molar-refractivity contribution in [1.82, 2.24) is 15.2 Å². The summed E-state index contributed by atoms with van der Waals surface area (Å²) in [6.07, 6.45) is 2.96. The second-order valence-corrected chi connectivity index (χ2v) is 10.3. The lowest BCUT2D eigenvalue weighted by molar-refractivity contribution is -0.132. The maximum absolute atomic E-state index is 13.2. The monoisotopic (exact) mass is 536 g/mol. The molecule has 0 aliphatic carbocycles. The highest BCUT2D eigenvalue weighted by Crippen LogP contribution is 2.44. The molecular weight excluding hydrogens is 520 g/mol. The van der Waals surface area contributed by atoms with E-state index < -0.39 is 17.7 Å². The van der Waals surface area contributed by atoms with E-state index in [9.17, 15) is 19.8 Å². The standard InChI is InChI=1S/C25H17ClN4O4S2/c26-18-4-2-1-3-16(18)13-35-25-29-28-24(36-25)30-20(14-5-7-17(31)8-6-14)19(22(33)23(30)34)21(32)15-9-11-27-12-10-15/h1-12,20,31-32H,13H2/b21-19+. The van der Waals surface area contributed by atoms with Crippen LogP contribution in [0.4, 0.5) is 5.13 Å². The number of anilines is 1. The Labute approximate surface area is 218 Å². The van der Waals surface area contributed by atoms with Crippen LogP contribution in [0.15, 0.2) is 83.0 Å².